The van der Waals surface area contributed by atoms with Gasteiger partial charge in [-0.3, -0.25) is 0 Å². The summed E-state index contributed by atoms with van der Waals surface area (Å²) in [6.07, 6.45) is 8.76. The Kier molecular flexibility index (Phi) is 3.20. The molecule has 1 atom stereocenters. The van der Waals surface area contributed by atoms with Crippen molar-refractivity contribution in [2.45, 2.75) is 31.7 Å². The van der Waals surface area contributed by atoms with Gasteiger partial charge in [-0.15, -0.1) is 11.3 Å². The van der Waals surface area contributed by atoms with Crippen molar-refractivity contribution in [2.75, 3.05) is 6.54 Å². The summed E-state index contributed by atoms with van der Waals surface area (Å²) < 4.78 is 0. The first kappa shape index (κ1) is 10.9. The Balaban J connectivity index is 1.79. The number of nitrogens with one attached hydrogen (secondary N) is 2. The van der Waals surface area contributed by atoms with E-state index in [1.54, 1.807) is 11.3 Å². The molecule has 2 aromatic heterocycles. The van der Waals surface area contributed by atoms with Gasteiger partial charge in [0.15, 0.2) is 0 Å². The monoisotopic (exact) mass is 248 g/mol. The van der Waals surface area contributed by atoms with Gasteiger partial charge in [0, 0.05) is 11.6 Å². The fourth-order valence-corrected chi connectivity index (χ4v) is 2.84. The van der Waals surface area contributed by atoms with Crippen LogP contribution in [0.5, 0.6) is 0 Å². The smallest absolute Gasteiger partial charge is 0.141 e. The first-order valence-corrected chi connectivity index (χ1v) is 6.99. The molecule has 1 saturated heterocycles. The number of aromatic nitrogens is 3. The lowest BCUT2D eigenvalue weighted by Gasteiger charge is -2.12. The SMILES string of the molecule is c1csc(-c2cnc(C3CCCCCN3)[nH]2)n1. The molecule has 5 heteroatoms. The molecule has 1 fully saturated rings. The molecule has 90 valence electrons. The number of nitrogens with zero attached hydrogens (tertiary/aromatic N) is 2. The topological polar surface area (TPSA) is 53.6 Å². The number of aromatic amines is 1. The summed E-state index contributed by atoms with van der Waals surface area (Å²) in [4.78, 5) is 12.2. The summed E-state index contributed by atoms with van der Waals surface area (Å²) in [5.41, 5.74) is 1.03. The second-order valence-electron chi connectivity index (χ2n) is 4.38. The average molecular weight is 248 g/mol. The highest BCUT2D eigenvalue weighted by Crippen LogP contribution is 2.24. The summed E-state index contributed by atoms with van der Waals surface area (Å²) in [6.45, 7) is 1.10. The van der Waals surface area contributed by atoms with Crippen LogP contribution in [0, 0.1) is 0 Å². The second kappa shape index (κ2) is 4.98. The Hall–Kier alpha value is -1.20. The van der Waals surface area contributed by atoms with Crippen LogP contribution in [0.1, 0.15) is 37.5 Å². The highest BCUT2D eigenvalue weighted by atomic mass is 32.1. The fraction of sp³-hybridized carbons (Fsp3) is 0.500. The normalized spacial score (nSPS) is 21.3. The third-order valence-electron chi connectivity index (χ3n) is 3.15. The minimum Gasteiger partial charge on any atom is -0.339 e. The quantitative estimate of drug-likeness (QED) is 0.859. The van der Waals surface area contributed by atoms with E-state index in [-0.39, 0.29) is 0 Å². The zero-order valence-corrected chi connectivity index (χ0v) is 10.5. The van der Waals surface area contributed by atoms with Gasteiger partial charge < -0.3 is 10.3 Å². The van der Waals surface area contributed by atoms with Gasteiger partial charge in [0.1, 0.15) is 10.8 Å². The number of hydrogen-bond donors (Lipinski definition) is 2. The Labute approximate surface area is 105 Å². The molecule has 0 aromatic carbocycles. The van der Waals surface area contributed by atoms with E-state index in [1.807, 2.05) is 17.8 Å². The maximum absolute atomic E-state index is 4.49. The largest absolute Gasteiger partial charge is 0.339 e. The third kappa shape index (κ3) is 2.40. The molecule has 0 aliphatic carbocycles. The lowest BCUT2D eigenvalue weighted by Crippen LogP contribution is -2.21. The van der Waals surface area contributed by atoms with Crippen molar-refractivity contribution >= 4 is 11.3 Å². The average Bonchev–Trinajstić information content (AvgIpc) is 2.95. The molecule has 17 heavy (non-hydrogen) atoms. The lowest BCUT2D eigenvalue weighted by molar-refractivity contribution is 0.512. The van der Waals surface area contributed by atoms with Gasteiger partial charge >= 0.3 is 0 Å². The molecule has 0 radical (unpaired) electrons. The standard InChI is InChI=1S/C12H16N4S/c1-2-4-9(13-5-3-1)11-15-8-10(16-11)12-14-6-7-17-12/h6-9,13H,1-5H2,(H,15,16). The molecule has 1 aliphatic heterocycles. The van der Waals surface area contributed by atoms with E-state index in [4.69, 9.17) is 0 Å². The molecule has 2 N–H and O–H groups in total. The molecule has 1 aliphatic rings. The van der Waals surface area contributed by atoms with Gasteiger partial charge in [-0.05, 0) is 19.4 Å². The molecule has 0 bridgehead atoms. The first-order valence-electron chi connectivity index (χ1n) is 6.11. The zero-order chi connectivity index (χ0) is 11.5. The summed E-state index contributed by atoms with van der Waals surface area (Å²) in [6, 6.07) is 0.381. The zero-order valence-electron chi connectivity index (χ0n) is 9.65. The van der Waals surface area contributed by atoms with Crippen molar-refractivity contribution < 1.29 is 0 Å². The van der Waals surface area contributed by atoms with Crippen molar-refractivity contribution in [3.05, 3.63) is 23.6 Å². The van der Waals surface area contributed by atoms with Crippen LogP contribution in [-0.4, -0.2) is 21.5 Å². The maximum Gasteiger partial charge on any atom is 0.141 e. The summed E-state index contributed by atoms with van der Waals surface area (Å²) in [5, 5.41) is 6.54. The van der Waals surface area contributed by atoms with Gasteiger partial charge in [-0.25, -0.2) is 9.97 Å². The number of H-pyrrole nitrogens is 1. The van der Waals surface area contributed by atoms with Crippen LogP contribution >= 0.6 is 11.3 Å². The predicted octanol–water partition coefficient (Wildman–Crippen LogP) is 2.74. The van der Waals surface area contributed by atoms with Crippen molar-refractivity contribution in [1.29, 1.82) is 0 Å². The Morgan fingerprint density at radius 3 is 3.12 bits per heavy atom. The van der Waals surface area contributed by atoms with E-state index < -0.39 is 0 Å². The first-order chi connectivity index (χ1) is 8.43. The molecule has 0 saturated carbocycles. The minimum absolute atomic E-state index is 0.381. The molecular formula is C12H16N4S. The Morgan fingerprint density at radius 2 is 2.24 bits per heavy atom. The van der Waals surface area contributed by atoms with Crippen LogP contribution in [0.3, 0.4) is 0 Å². The molecular weight excluding hydrogens is 232 g/mol. The Morgan fingerprint density at radius 1 is 1.24 bits per heavy atom. The summed E-state index contributed by atoms with van der Waals surface area (Å²) >= 11 is 1.64. The van der Waals surface area contributed by atoms with E-state index in [2.05, 4.69) is 20.3 Å². The second-order valence-corrected chi connectivity index (χ2v) is 5.27. The van der Waals surface area contributed by atoms with Crippen LogP contribution in [-0.2, 0) is 0 Å². The molecule has 3 rings (SSSR count). The number of thiazole rings is 1. The van der Waals surface area contributed by atoms with Crippen molar-refractivity contribution in [3.63, 3.8) is 0 Å². The van der Waals surface area contributed by atoms with E-state index >= 15 is 0 Å². The number of hydrogen-bond acceptors (Lipinski definition) is 4. The van der Waals surface area contributed by atoms with Gasteiger partial charge in [0.2, 0.25) is 0 Å². The van der Waals surface area contributed by atoms with E-state index in [0.29, 0.717) is 6.04 Å². The lowest BCUT2D eigenvalue weighted by atomic mass is 10.1. The molecule has 4 nitrogen and oxygen atoms in total. The minimum atomic E-state index is 0.381. The molecule has 3 heterocycles. The van der Waals surface area contributed by atoms with Crippen molar-refractivity contribution in [3.8, 4) is 10.7 Å². The Bertz CT molecular complexity index is 455. The highest BCUT2D eigenvalue weighted by molar-refractivity contribution is 7.13. The van der Waals surface area contributed by atoms with Gasteiger partial charge in [-0.2, -0.15) is 0 Å². The van der Waals surface area contributed by atoms with Crippen molar-refractivity contribution in [1.82, 2.24) is 20.3 Å². The predicted molar refractivity (Wildman–Crippen MR) is 68.9 cm³/mol. The van der Waals surface area contributed by atoms with E-state index in [0.717, 1.165) is 23.1 Å². The van der Waals surface area contributed by atoms with E-state index in [1.165, 1.54) is 25.7 Å². The van der Waals surface area contributed by atoms with Crippen LogP contribution in [0.2, 0.25) is 0 Å². The maximum atomic E-state index is 4.49. The number of imidazole rings is 1. The molecule has 0 spiro atoms. The van der Waals surface area contributed by atoms with Gasteiger partial charge in [0.25, 0.3) is 0 Å². The fourth-order valence-electron chi connectivity index (χ4n) is 2.24. The van der Waals surface area contributed by atoms with Crippen LogP contribution in [0.4, 0.5) is 0 Å². The molecule has 0 amide bonds. The van der Waals surface area contributed by atoms with E-state index in [9.17, 15) is 0 Å². The number of rotatable bonds is 2. The third-order valence-corrected chi connectivity index (χ3v) is 3.95. The summed E-state index contributed by atoms with van der Waals surface area (Å²) in [5.74, 6) is 1.05. The van der Waals surface area contributed by atoms with Crippen LogP contribution in [0.15, 0.2) is 17.8 Å². The van der Waals surface area contributed by atoms with Gasteiger partial charge in [0.05, 0.1) is 17.9 Å². The van der Waals surface area contributed by atoms with Crippen LogP contribution in [0.25, 0.3) is 10.7 Å². The van der Waals surface area contributed by atoms with Crippen molar-refractivity contribution in [2.24, 2.45) is 0 Å². The van der Waals surface area contributed by atoms with Crippen LogP contribution < -0.4 is 5.32 Å². The van der Waals surface area contributed by atoms with Gasteiger partial charge in [-0.1, -0.05) is 12.8 Å². The molecule has 2 aromatic rings. The highest BCUT2D eigenvalue weighted by Gasteiger charge is 2.17. The summed E-state index contributed by atoms with van der Waals surface area (Å²) in [7, 11) is 0. The molecule has 1 unspecified atom stereocenters.